The third-order valence-corrected chi connectivity index (χ3v) is 8.26. The Morgan fingerprint density at radius 3 is 2.79 bits per heavy atom. The van der Waals surface area contributed by atoms with Crippen LogP contribution in [0.3, 0.4) is 0 Å². The summed E-state index contributed by atoms with van der Waals surface area (Å²) in [5.41, 5.74) is 5.71. The molecule has 2 aromatic heterocycles. The van der Waals surface area contributed by atoms with Crippen molar-refractivity contribution in [2.24, 2.45) is 5.92 Å². The van der Waals surface area contributed by atoms with Crippen LogP contribution in [0.2, 0.25) is 0 Å². The summed E-state index contributed by atoms with van der Waals surface area (Å²) < 4.78 is 31.7. The first kappa shape index (κ1) is 27.9. The number of piperidine rings is 1. The average Bonchev–Trinajstić information content (AvgIpc) is 3.47. The lowest BCUT2D eigenvalue weighted by Gasteiger charge is -2.27. The number of pyridine rings is 1. The van der Waals surface area contributed by atoms with Crippen molar-refractivity contribution >= 4 is 17.0 Å². The number of amides is 1. The van der Waals surface area contributed by atoms with Gasteiger partial charge in [-0.2, -0.15) is 5.26 Å². The van der Waals surface area contributed by atoms with E-state index in [2.05, 4.69) is 21.7 Å². The molecule has 4 heterocycles. The summed E-state index contributed by atoms with van der Waals surface area (Å²) in [4.78, 5) is 17.4. The molecule has 2 aromatic carbocycles. The molecule has 0 radical (unpaired) electrons. The zero-order valence-electron chi connectivity index (χ0n) is 23.5. The Morgan fingerprint density at radius 1 is 1.14 bits per heavy atom. The number of ether oxygens (including phenoxy) is 2. The summed E-state index contributed by atoms with van der Waals surface area (Å²) in [5.74, 6) is 1.16. The second-order valence-electron chi connectivity index (χ2n) is 10.9. The summed E-state index contributed by atoms with van der Waals surface area (Å²) in [6, 6.07) is 16.7. The van der Waals surface area contributed by atoms with E-state index in [4.69, 9.17) is 13.9 Å². The molecular formula is C33H33FN4O4. The molecule has 2 aliphatic heterocycles. The van der Waals surface area contributed by atoms with Crippen LogP contribution in [-0.2, 0) is 11.2 Å². The van der Waals surface area contributed by atoms with Crippen molar-refractivity contribution in [2.45, 2.75) is 37.9 Å². The molecule has 4 aromatic rings. The molecule has 2 N–H and O–H groups in total. The van der Waals surface area contributed by atoms with Crippen LogP contribution < -0.4 is 15.4 Å². The number of benzene rings is 2. The maximum absolute atomic E-state index is 14.2. The lowest BCUT2D eigenvalue weighted by molar-refractivity contribution is 0.0665. The first-order chi connectivity index (χ1) is 20.5. The van der Waals surface area contributed by atoms with E-state index in [1.807, 2.05) is 30.3 Å². The minimum Gasteiger partial charge on any atom is -0.496 e. The van der Waals surface area contributed by atoms with Gasteiger partial charge in [-0.3, -0.25) is 9.78 Å². The Labute approximate surface area is 243 Å². The fourth-order valence-electron chi connectivity index (χ4n) is 5.86. The third kappa shape index (κ3) is 5.73. The Hall–Kier alpha value is -4.26. The highest BCUT2D eigenvalue weighted by atomic mass is 19.1. The number of hydrogen-bond donors (Lipinski definition) is 2. The van der Waals surface area contributed by atoms with E-state index >= 15 is 0 Å². The SMILES string of the molecule is COc1cc(C(=O)N[C@@H]2CCNC[C@H]2F)ccc1-c1cc2nccc(-c3ccc(CC4CCOCC4)c(C#N)c3)c2o1. The predicted octanol–water partition coefficient (Wildman–Crippen LogP) is 5.44. The molecule has 2 aliphatic rings. The number of furan rings is 1. The number of rotatable bonds is 7. The molecule has 42 heavy (non-hydrogen) atoms. The molecule has 6 rings (SSSR count). The van der Waals surface area contributed by atoms with Crippen LogP contribution in [0.15, 0.2) is 59.1 Å². The monoisotopic (exact) mass is 568 g/mol. The van der Waals surface area contributed by atoms with Gasteiger partial charge >= 0.3 is 0 Å². The van der Waals surface area contributed by atoms with Crippen LogP contribution >= 0.6 is 0 Å². The number of halogens is 1. The maximum atomic E-state index is 14.2. The number of alkyl halides is 1. The lowest BCUT2D eigenvalue weighted by atomic mass is 9.89. The number of nitrogens with zero attached hydrogens (tertiary/aromatic N) is 2. The molecule has 2 atom stereocenters. The molecule has 8 nitrogen and oxygen atoms in total. The molecule has 1 amide bonds. The fraction of sp³-hybridized carbons (Fsp3) is 0.364. The van der Waals surface area contributed by atoms with Gasteiger partial charge in [-0.15, -0.1) is 0 Å². The smallest absolute Gasteiger partial charge is 0.251 e. The predicted molar refractivity (Wildman–Crippen MR) is 157 cm³/mol. The third-order valence-electron chi connectivity index (χ3n) is 8.26. The molecule has 0 unspecified atom stereocenters. The summed E-state index contributed by atoms with van der Waals surface area (Å²) in [6.45, 7) is 2.44. The maximum Gasteiger partial charge on any atom is 0.251 e. The molecule has 0 spiro atoms. The van der Waals surface area contributed by atoms with Crippen LogP contribution in [0.25, 0.3) is 33.6 Å². The van der Waals surface area contributed by atoms with Crippen molar-refractivity contribution in [3.63, 3.8) is 0 Å². The van der Waals surface area contributed by atoms with Crippen molar-refractivity contribution in [1.82, 2.24) is 15.6 Å². The highest BCUT2D eigenvalue weighted by molar-refractivity contribution is 5.97. The van der Waals surface area contributed by atoms with Crippen molar-refractivity contribution in [1.29, 1.82) is 5.26 Å². The van der Waals surface area contributed by atoms with Crippen molar-refractivity contribution in [3.8, 4) is 34.3 Å². The molecule has 216 valence electrons. The van der Waals surface area contributed by atoms with E-state index in [9.17, 15) is 14.4 Å². The first-order valence-electron chi connectivity index (χ1n) is 14.4. The van der Waals surface area contributed by atoms with E-state index in [0.29, 0.717) is 58.2 Å². The first-order valence-corrected chi connectivity index (χ1v) is 14.4. The largest absolute Gasteiger partial charge is 0.496 e. The van der Waals surface area contributed by atoms with Gasteiger partial charge in [0.15, 0.2) is 5.58 Å². The van der Waals surface area contributed by atoms with Crippen LogP contribution in [0, 0.1) is 17.2 Å². The number of carbonyl (C=O) groups is 1. The van der Waals surface area contributed by atoms with E-state index in [1.54, 1.807) is 24.4 Å². The molecule has 0 saturated carbocycles. The highest BCUT2D eigenvalue weighted by Gasteiger charge is 2.27. The standard InChI is InChI=1S/C33H33FN4O4/c1-40-30-16-23(33(39)38-28-7-10-36-19-27(28)34)4-5-26(30)31-17-29-32(42-31)25(6-11-37-29)22-3-2-21(24(15-22)18-35)14-20-8-12-41-13-9-20/h2-6,11,15-17,20,27-28,36H,7-10,12-14,19H2,1H3,(H,38,39)/t27-,28-/m1/s1. The molecular weight excluding hydrogens is 535 g/mol. The lowest BCUT2D eigenvalue weighted by Crippen LogP contribution is -2.50. The molecule has 0 aliphatic carbocycles. The fourth-order valence-corrected chi connectivity index (χ4v) is 5.86. The second kappa shape index (κ2) is 12.3. The van der Waals surface area contributed by atoms with Crippen LogP contribution in [-0.4, -0.2) is 56.5 Å². The van der Waals surface area contributed by atoms with Gasteiger partial charge < -0.3 is 24.5 Å². The molecule has 2 fully saturated rings. The number of nitriles is 1. The van der Waals surface area contributed by atoms with E-state index in [-0.39, 0.29) is 12.5 Å². The molecule has 9 heteroatoms. The van der Waals surface area contributed by atoms with Gasteiger partial charge in [-0.25, -0.2) is 4.39 Å². The number of fused-ring (bicyclic) bond motifs is 1. The minimum atomic E-state index is -1.13. The number of methoxy groups -OCH3 is 1. The van der Waals surface area contributed by atoms with Gasteiger partial charge in [0.1, 0.15) is 23.2 Å². The van der Waals surface area contributed by atoms with Gasteiger partial charge in [0.2, 0.25) is 0 Å². The summed E-state index contributed by atoms with van der Waals surface area (Å²) in [7, 11) is 1.53. The Balaban J connectivity index is 1.28. The van der Waals surface area contributed by atoms with Crippen molar-refractivity contribution < 1.29 is 23.1 Å². The van der Waals surface area contributed by atoms with Gasteiger partial charge in [-0.05, 0) is 79.6 Å². The van der Waals surface area contributed by atoms with Gasteiger partial charge in [0, 0.05) is 43.1 Å². The topological polar surface area (TPSA) is 109 Å². The van der Waals surface area contributed by atoms with Gasteiger partial charge in [0.05, 0.1) is 30.3 Å². The summed E-state index contributed by atoms with van der Waals surface area (Å²) in [5, 5.41) is 15.7. The second-order valence-corrected chi connectivity index (χ2v) is 10.9. The molecule has 2 saturated heterocycles. The van der Waals surface area contributed by atoms with Crippen LogP contribution in [0.4, 0.5) is 4.39 Å². The zero-order chi connectivity index (χ0) is 29.1. The Morgan fingerprint density at radius 2 is 2.00 bits per heavy atom. The van der Waals surface area contributed by atoms with Crippen molar-refractivity contribution in [2.75, 3.05) is 33.4 Å². The number of hydrogen-bond acceptors (Lipinski definition) is 7. The van der Waals surface area contributed by atoms with Crippen LogP contribution in [0.5, 0.6) is 5.75 Å². The molecule has 0 bridgehead atoms. The Kier molecular flexibility index (Phi) is 8.17. The number of nitrogens with one attached hydrogen (secondary N) is 2. The quantitative estimate of drug-likeness (QED) is 0.306. The minimum absolute atomic E-state index is 0.230. The summed E-state index contributed by atoms with van der Waals surface area (Å²) in [6.07, 6.45) is 4.02. The van der Waals surface area contributed by atoms with Crippen molar-refractivity contribution in [3.05, 3.63) is 71.4 Å². The average molecular weight is 569 g/mol. The number of aromatic nitrogens is 1. The van der Waals surface area contributed by atoms with Gasteiger partial charge in [-0.1, -0.05) is 12.1 Å². The van der Waals surface area contributed by atoms with Gasteiger partial charge in [0.25, 0.3) is 5.91 Å². The highest BCUT2D eigenvalue weighted by Crippen LogP contribution is 2.38. The van der Waals surface area contributed by atoms with E-state index in [1.165, 1.54) is 7.11 Å². The normalized spacial score (nSPS) is 19.4. The van der Waals surface area contributed by atoms with Crippen LogP contribution in [0.1, 0.15) is 40.7 Å². The summed E-state index contributed by atoms with van der Waals surface area (Å²) >= 11 is 0. The van der Waals surface area contributed by atoms with E-state index < -0.39 is 12.2 Å². The Bertz CT molecular complexity index is 1640. The van der Waals surface area contributed by atoms with E-state index in [0.717, 1.165) is 49.2 Å². The number of carbonyl (C=O) groups excluding carboxylic acids is 1. The zero-order valence-corrected chi connectivity index (χ0v) is 23.5.